The predicted molar refractivity (Wildman–Crippen MR) is 127 cm³/mol. The van der Waals surface area contributed by atoms with E-state index in [-0.39, 0.29) is 37.5 Å². The van der Waals surface area contributed by atoms with Crippen molar-refractivity contribution in [2.75, 3.05) is 31.2 Å². The van der Waals surface area contributed by atoms with Crippen molar-refractivity contribution in [3.05, 3.63) is 64.2 Å². The maximum absolute atomic E-state index is 13.1. The smallest absolute Gasteiger partial charge is 0.254 e. The van der Waals surface area contributed by atoms with E-state index in [0.29, 0.717) is 22.8 Å². The maximum Gasteiger partial charge on any atom is 0.254 e. The molecule has 0 aromatic heterocycles. The lowest BCUT2D eigenvalue weighted by atomic mass is 10.1. The second-order valence-corrected chi connectivity index (χ2v) is 8.48. The minimum absolute atomic E-state index is 0.00814. The van der Waals surface area contributed by atoms with Crippen LogP contribution in [0.5, 0.6) is 0 Å². The molecule has 32 heavy (non-hydrogen) atoms. The van der Waals surface area contributed by atoms with Gasteiger partial charge >= 0.3 is 0 Å². The molecule has 6 nitrogen and oxygen atoms in total. The average molecular weight is 456 g/mol. The van der Waals surface area contributed by atoms with Gasteiger partial charge in [0.05, 0.1) is 0 Å². The molecule has 0 N–H and O–H groups in total. The van der Waals surface area contributed by atoms with Crippen molar-refractivity contribution in [1.29, 1.82) is 0 Å². The molecule has 0 atom stereocenters. The molecule has 0 spiro atoms. The van der Waals surface area contributed by atoms with E-state index < -0.39 is 0 Å². The van der Waals surface area contributed by atoms with Crippen molar-refractivity contribution in [1.82, 2.24) is 9.80 Å². The van der Waals surface area contributed by atoms with Crippen molar-refractivity contribution < 1.29 is 14.4 Å². The Morgan fingerprint density at radius 3 is 2.47 bits per heavy atom. The predicted octanol–water partition coefficient (Wildman–Crippen LogP) is 4.29. The van der Waals surface area contributed by atoms with Crippen molar-refractivity contribution in [2.45, 2.75) is 40.0 Å². The van der Waals surface area contributed by atoms with Crippen LogP contribution in [0.15, 0.2) is 42.5 Å². The summed E-state index contributed by atoms with van der Waals surface area (Å²) in [6.07, 6.45) is 2.62. The van der Waals surface area contributed by atoms with E-state index in [2.05, 4.69) is 6.92 Å². The highest BCUT2D eigenvalue weighted by molar-refractivity contribution is 6.31. The van der Waals surface area contributed by atoms with Crippen LogP contribution in [0.25, 0.3) is 0 Å². The third kappa shape index (κ3) is 5.30. The van der Waals surface area contributed by atoms with Crippen LogP contribution in [0, 0.1) is 6.92 Å². The first-order chi connectivity index (χ1) is 15.3. The molecule has 3 rings (SSSR count). The molecule has 0 unspecified atom stereocenters. The third-order valence-electron chi connectivity index (χ3n) is 5.83. The number of unbranched alkanes of at least 4 members (excludes halogenated alkanes) is 1. The Kier molecular flexibility index (Phi) is 7.91. The quantitative estimate of drug-likeness (QED) is 0.596. The SMILES string of the molecule is CCCCN(CC(=O)N1CC(=O)N(c2cccc(Cl)c2C)C1)C(=O)c1ccc(CC)cc1. The van der Waals surface area contributed by atoms with E-state index in [1.165, 1.54) is 4.90 Å². The molecule has 0 bridgehead atoms. The highest BCUT2D eigenvalue weighted by Crippen LogP contribution is 2.28. The summed E-state index contributed by atoms with van der Waals surface area (Å²) in [6.45, 7) is 6.55. The van der Waals surface area contributed by atoms with Crippen LogP contribution in [-0.4, -0.2) is 53.8 Å². The summed E-state index contributed by atoms with van der Waals surface area (Å²) in [5.74, 6) is -0.567. The fourth-order valence-corrected chi connectivity index (χ4v) is 3.91. The number of hydrogen-bond donors (Lipinski definition) is 0. The molecule has 2 aromatic carbocycles. The van der Waals surface area contributed by atoms with E-state index >= 15 is 0 Å². The summed E-state index contributed by atoms with van der Waals surface area (Å²) >= 11 is 6.21. The Bertz CT molecular complexity index is 990. The van der Waals surface area contributed by atoms with Gasteiger partial charge in [-0.2, -0.15) is 0 Å². The Morgan fingerprint density at radius 1 is 1.09 bits per heavy atom. The number of carbonyl (C=O) groups excluding carboxylic acids is 3. The molecule has 3 amide bonds. The fourth-order valence-electron chi connectivity index (χ4n) is 3.74. The average Bonchev–Trinajstić information content (AvgIpc) is 3.19. The van der Waals surface area contributed by atoms with Crippen LogP contribution in [0.2, 0.25) is 5.02 Å². The molecule has 2 aromatic rings. The summed E-state index contributed by atoms with van der Waals surface area (Å²) in [5.41, 5.74) is 3.23. The zero-order chi connectivity index (χ0) is 23.3. The number of carbonyl (C=O) groups is 3. The topological polar surface area (TPSA) is 60.9 Å². The van der Waals surface area contributed by atoms with Gasteiger partial charge in [-0.25, -0.2) is 0 Å². The van der Waals surface area contributed by atoms with Crippen LogP contribution < -0.4 is 4.90 Å². The van der Waals surface area contributed by atoms with Gasteiger partial charge in [-0.05, 0) is 55.2 Å². The largest absolute Gasteiger partial charge is 0.329 e. The number of aryl methyl sites for hydroxylation is 1. The monoisotopic (exact) mass is 455 g/mol. The van der Waals surface area contributed by atoms with Crippen molar-refractivity contribution in [2.24, 2.45) is 0 Å². The normalized spacial score (nSPS) is 13.6. The highest BCUT2D eigenvalue weighted by atomic mass is 35.5. The first-order valence-electron chi connectivity index (χ1n) is 11.1. The van der Waals surface area contributed by atoms with Crippen LogP contribution in [-0.2, 0) is 16.0 Å². The van der Waals surface area contributed by atoms with Gasteiger partial charge in [0, 0.05) is 22.8 Å². The number of benzene rings is 2. The molecule has 0 aliphatic carbocycles. The second kappa shape index (κ2) is 10.6. The molecule has 170 valence electrons. The maximum atomic E-state index is 13.1. The molecular formula is C25H30ClN3O3. The Labute approximate surface area is 194 Å². The van der Waals surface area contributed by atoms with Crippen LogP contribution >= 0.6 is 11.6 Å². The van der Waals surface area contributed by atoms with Gasteiger partial charge in [0.1, 0.15) is 19.8 Å². The third-order valence-corrected chi connectivity index (χ3v) is 6.24. The highest BCUT2D eigenvalue weighted by Gasteiger charge is 2.33. The lowest BCUT2D eigenvalue weighted by Crippen LogP contribution is -2.43. The van der Waals surface area contributed by atoms with Crippen molar-refractivity contribution in [3.8, 4) is 0 Å². The van der Waals surface area contributed by atoms with Crippen LogP contribution in [0.3, 0.4) is 0 Å². The summed E-state index contributed by atoms with van der Waals surface area (Å²) in [4.78, 5) is 43.4. The molecular weight excluding hydrogens is 426 g/mol. The Balaban J connectivity index is 1.72. The van der Waals surface area contributed by atoms with E-state index in [1.54, 1.807) is 21.9 Å². The van der Waals surface area contributed by atoms with Gasteiger partial charge in [0.25, 0.3) is 5.91 Å². The molecule has 7 heteroatoms. The van der Waals surface area contributed by atoms with E-state index in [0.717, 1.165) is 30.4 Å². The van der Waals surface area contributed by atoms with E-state index in [4.69, 9.17) is 11.6 Å². The summed E-state index contributed by atoms with van der Waals surface area (Å²) in [5, 5.41) is 0.575. The number of rotatable bonds is 8. The number of anilines is 1. The Hall–Kier alpha value is -2.86. The fraction of sp³-hybridized carbons (Fsp3) is 0.400. The van der Waals surface area contributed by atoms with E-state index in [1.807, 2.05) is 44.2 Å². The van der Waals surface area contributed by atoms with Crippen molar-refractivity contribution >= 4 is 35.0 Å². The first kappa shape index (κ1) is 23.8. The molecule has 1 saturated heterocycles. The van der Waals surface area contributed by atoms with Crippen molar-refractivity contribution in [3.63, 3.8) is 0 Å². The minimum Gasteiger partial charge on any atom is -0.329 e. The Morgan fingerprint density at radius 2 is 1.81 bits per heavy atom. The first-order valence-corrected chi connectivity index (χ1v) is 11.4. The zero-order valence-electron chi connectivity index (χ0n) is 18.9. The van der Waals surface area contributed by atoms with Gasteiger partial charge in [-0.15, -0.1) is 0 Å². The molecule has 0 radical (unpaired) electrons. The lowest BCUT2D eigenvalue weighted by molar-refractivity contribution is -0.132. The van der Waals surface area contributed by atoms with Gasteiger partial charge in [0.15, 0.2) is 0 Å². The minimum atomic E-state index is -0.241. The molecule has 1 heterocycles. The zero-order valence-corrected chi connectivity index (χ0v) is 19.7. The number of halogens is 1. The van der Waals surface area contributed by atoms with E-state index in [9.17, 15) is 14.4 Å². The number of hydrogen-bond acceptors (Lipinski definition) is 3. The molecule has 1 fully saturated rings. The molecule has 1 aliphatic rings. The lowest BCUT2D eigenvalue weighted by Gasteiger charge is -2.25. The van der Waals surface area contributed by atoms with Gasteiger partial charge < -0.3 is 9.80 Å². The van der Waals surface area contributed by atoms with Gasteiger partial charge in [0.2, 0.25) is 11.8 Å². The van der Waals surface area contributed by atoms with Gasteiger partial charge in [-0.1, -0.05) is 50.1 Å². The molecule has 1 aliphatic heterocycles. The van der Waals surface area contributed by atoms with Gasteiger partial charge in [-0.3, -0.25) is 19.3 Å². The molecule has 0 saturated carbocycles. The summed E-state index contributed by atoms with van der Waals surface area (Å²) in [7, 11) is 0. The van der Waals surface area contributed by atoms with Crippen LogP contribution in [0.4, 0.5) is 5.69 Å². The van der Waals surface area contributed by atoms with Crippen LogP contribution in [0.1, 0.15) is 48.2 Å². The number of nitrogens with zero attached hydrogens (tertiary/aromatic N) is 3. The standard InChI is InChI=1S/C25H30ClN3O3/c1-4-6-14-27(25(32)20-12-10-19(5-2)11-13-20)15-23(30)28-16-24(31)29(17-28)22-9-7-8-21(26)18(22)3/h7-13H,4-6,14-17H2,1-3H3. The number of amides is 3. The summed E-state index contributed by atoms with van der Waals surface area (Å²) in [6, 6.07) is 12.9. The second-order valence-electron chi connectivity index (χ2n) is 8.07. The summed E-state index contributed by atoms with van der Waals surface area (Å²) < 4.78 is 0.